The number of amides is 2. The van der Waals surface area contributed by atoms with Gasteiger partial charge in [0.05, 0.1) is 6.20 Å². The monoisotopic (exact) mass is 576 g/mol. The molecule has 220 valence electrons. The van der Waals surface area contributed by atoms with Crippen LogP contribution in [0.5, 0.6) is 0 Å². The third kappa shape index (κ3) is 5.62. The Bertz CT molecular complexity index is 1810. The summed E-state index contributed by atoms with van der Waals surface area (Å²) < 4.78 is 7.33. The van der Waals surface area contributed by atoms with E-state index < -0.39 is 5.60 Å². The van der Waals surface area contributed by atoms with E-state index in [1.807, 2.05) is 80.3 Å². The molecule has 0 N–H and O–H groups in total. The van der Waals surface area contributed by atoms with E-state index >= 15 is 0 Å². The molecule has 0 spiro atoms. The maximum Gasteiger partial charge on any atom is 0.410 e. The Balaban J connectivity index is 1.21. The minimum Gasteiger partial charge on any atom is -0.444 e. The molecular formula is C34H36N6O3. The van der Waals surface area contributed by atoms with Gasteiger partial charge in [-0.05, 0) is 60.9 Å². The predicted octanol–water partition coefficient (Wildman–Crippen LogP) is 5.98. The van der Waals surface area contributed by atoms with Crippen LogP contribution in [0.25, 0.3) is 38.7 Å². The number of aromatic nitrogens is 3. The molecule has 0 aliphatic carbocycles. The second-order valence-electron chi connectivity index (χ2n) is 12.1. The molecule has 3 heterocycles. The summed E-state index contributed by atoms with van der Waals surface area (Å²) in [5.74, 6) is -0.0283. The van der Waals surface area contributed by atoms with Crippen LogP contribution in [0.15, 0.2) is 79.3 Å². The molecule has 3 aromatic carbocycles. The average molecular weight is 577 g/mol. The first-order valence-electron chi connectivity index (χ1n) is 14.5. The van der Waals surface area contributed by atoms with Gasteiger partial charge >= 0.3 is 6.09 Å². The highest BCUT2D eigenvalue weighted by Crippen LogP contribution is 2.33. The van der Waals surface area contributed by atoms with E-state index in [1.54, 1.807) is 23.9 Å². The lowest BCUT2D eigenvalue weighted by atomic mass is 9.96. The highest BCUT2D eigenvalue weighted by atomic mass is 16.6. The molecule has 6 rings (SSSR count). The lowest BCUT2D eigenvalue weighted by Crippen LogP contribution is -2.50. The summed E-state index contributed by atoms with van der Waals surface area (Å²) in [5, 5.41) is 6.52. The molecule has 9 nitrogen and oxygen atoms in total. The van der Waals surface area contributed by atoms with Crippen molar-refractivity contribution >= 4 is 34.1 Å². The number of carbonyl (C=O) groups is 2. The zero-order valence-electron chi connectivity index (χ0n) is 25.2. The van der Waals surface area contributed by atoms with Gasteiger partial charge in [-0.25, -0.2) is 14.3 Å². The maximum atomic E-state index is 12.8. The summed E-state index contributed by atoms with van der Waals surface area (Å²) in [6.07, 6.45) is 5.45. The highest BCUT2D eigenvalue weighted by molar-refractivity contribution is 6.11. The van der Waals surface area contributed by atoms with Gasteiger partial charge in [0, 0.05) is 75.0 Å². The van der Waals surface area contributed by atoms with Gasteiger partial charge in [-0.15, -0.1) is 0 Å². The normalized spacial score (nSPS) is 13.9. The van der Waals surface area contributed by atoms with E-state index in [9.17, 15) is 9.59 Å². The van der Waals surface area contributed by atoms with Gasteiger partial charge in [-0.3, -0.25) is 4.79 Å². The summed E-state index contributed by atoms with van der Waals surface area (Å²) in [5.41, 5.74) is 5.94. The molecule has 2 aromatic heterocycles. The van der Waals surface area contributed by atoms with Crippen molar-refractivity contribution in [2.24, 2.45) is 0 Å². The summed E-state index contributed by atoms with van der Waals surface area (Å²) >= 11 is 0. The molecule has 2 amide bonds. The van der Waals surface area contributed by atoms with Crippen molar-refractivity contribution in [1.29, 1.82) is 0 Å². The fraction of sp³-hybridized carbons (Fsp3) is 0.294. The molecule has 0 atom stereocenters. The van der Waals surface area contributed by atoms with Crippen LogP contribution in [0, 0.1) is 0 Å². The number of benzene rings is 3. The molecular weight excluding hydrogens is 540 g/mol. The van der Waals surface area contributed by atoms with Gasteiger partial charge in [-0.2, -0.15) is 5.10 Å². The van der Waals surface area contributed by atoms with E-state index in [-0.39, 0.29) is 12.0 Å². The van der Waals surface area contributed by atoms with E-state index in [1.165, 1.54) is 0 Å². The summed E-state index contributed by atoms with van der Waals surface area (Å²) in [6.45, 7) is 8.42. The molecule has 0 radical (unpaired) electrons. The third-order valence-electron chi connectivity index (χ3n) is 7.70. The summed E-state index contributed by atoms with van der Waals surface area (Å²) in [6, 6.07) is 20.2. The number of ether oxygens (including phenoxy) is 1. The molecule has 0 unspecified atom stereocenters. The molecule has 1 aliphatic heterocycles. The topological polar surface area (TPSA) is 83.3 Å². The molecule has 1 aliphatic rings. The van der Waals surface area contributed by atoms with Gasteiger partial charge in [0.25, 0.3) is 5.91 Å². The molecule has 1 saturated heterocycles. The van der Waals surface area contributed by atoms with Crippen molar-refractivity contribution in [2.75, 3.05) is 45.2 Å². The van der Waals surface area contributed by atoms with Crippen molar-refractivity contribution in [1.82, 2.24) is 24.4 Å². The molecule has 9 heteroatoms. The van der Waals surface area contributed by atoms with E-state index in [0.717, 1.165) is 57.5 Å². The van der Waals surface area contributed by atoms with Crippen LogP contribution in [-0.4, -0.2) is 82.3 Å². The zero-order valence-corrected chi connectivity index (χ0v) is 25.2. The fourth-order valence-corrected chi connectivity index (χ4v) is 5.52. The quantitative estimate of drug-likeness (QED) is 0.262. The zero-order chi connectivity index (χ0) is 30.3. The second-order valence-corrected chi connectivity index (χ2v) is 12.1. The Labute approximate surface area is 251 Å². The number of piperazine rings is 1. The Hall–Kier alpha value is -4.92. The second kappa shape index (κ2) is 11.1. The smallest absolute Gasteiger partial charge is 0.410 e. The number of rotatable bonds is 4. The van der Waals surface area contributed by atoms with Crippen molar-refractivity contribution < 1.29 is 14.3 Å². The van der Waals surface area contributed by atoms with Crippen molar-refractivity contribution in [3.05, 3.63) is 84.8 Å². The fourth-order valence-electron chi connectivity index (χ4n) is 5.52. The van der Waals surface area contributed by atoms with E-state index in [2.05, 4.69) is 34.3 Å². The van der Waals surface area contributed by atoms with Crippen molar-refractivity contribution in [3.63, 3.8) is 0 Å². The van der Waals surface area contributed by atoms with Crippen LogP contribution in [0.3, 0.4) is 0 Å². The van der Waals surface area contributed by atoms with Crippen LogP contribution in [0.1, 0.15) is 31.1 Å². The average Bonchev–Trinajstić information content (AvgIpc) is 3.42. The van der Waals surface area contributed by atoms with Crippen LogP contribution in [0.2, 0.25) is 0 Å². The Kier molecular flexibility index (Phi) is 7.25. The Morgan fingerprint density at radius 2 is 1.51 bits per heavy atom. The van der Waals surface area contributed by atoms with Gasteiger partial charge in [-0.1, -0.05) is 42.5 Å². The number of carbonyl (C=O) groups excluding carboxylic acids is 2. The molecule has 0 saturated carbocycles. The number of nitrogens with zero attached hydrogens (tertiary/aromatic N) is 6. The molecule has 5 aromatic rings. The van der Waals surface area contributed by atoms with Gasteiger partial charge in [0.1, 0.15) is 5.60 Å². The standard InChI is InChI=1S/C34H36N6O3/c1-34(2,3)43-33(42)39-18-16-38(17-19-39)25-14-12-23(13-15-25)24-20-35-31-30(21-36-40(31)22-24)28-10-6-9-27-26(28)8-7-11-29(27)32(41)37(4)5/h6-15,20-22H,16-19H2,1-5H3. The number of anilines is 1. The maximum absolute atomic E-state index is 12.8. The highest BCUT2D eigenvalue weighted by Gasteiger charge is 2.26. The van der Waals surface area contributed by atoms with Gasteiger partial charge in [0.2, 0.25) is 0 Å². The lowest BCUT2D eigenvalue weighted by Gasteiger charge is -2.36. The Morgan fingerprint density at radius 1 is 0.814 bits per heavy atom. The first-order valence-corrected chi connectivity index (χ1v) is 14.5. The Morgan fingerprint density at radius 3 is 2.21 bits per heavy atom. The van der Waals surface area contributed by atoms with Gasteiger partial charge < -0.3 is 19.4 Å². The van der Waals surface area contributed by atoms with Crippen LogP contribution in [-0.2, 0) is 4.74 Å². The van der Waals surface area contributed by atoms with Gasteiger partial charge in [0.15, 0.2) is 5.65 Å². The first-order chi connectivity index (χ1) is 20.6. The number of hydrogen-bond donors (Lipinski definition) is 0. The van der Waals surface area contributed by atoms with Crippen molar-refractivity contribution in [3.8, 4) is 22.3 Å². The molecule has 43 heavy (non-hydrogen) atoms. The third-order valence-corrected chi connectivity index (χ3v) is 7.70. The van der Waals surface area contributed by atoms with Crippen molar-refractivity contribution in [2.45, 2.75) is 26.4 Å². The SMILES string of the molecule is CN(C)C(=O)c1cccc2c(-c3cnn4cc(-c5ccc(N6CCN(C(=O)OC(C)(C)C)CC6)cc5)cnc34)cccc12. The largest absolute Gasteiger partial charge is 0.444 e. The number of fused-ring (bicyclic) bond motifs is 2. The van der Waals surface area contributed by atoms with E-state index in [0.29, 0.717) is 18.7 Å². The minimum atomic E-state index is -0.493. The van der Waals surface area contributed by atoms with Crippen LogP contribution >= 0.6 is 0 Å². The van der Waals surface area contributed by atoms with Crippen LogP contribution in [0.4, 0.5) is 10.5 Å². The number of hydrogen-bond acceptors (Lipinski definition) is 6. The summed E-state index contributed by atoms with van der Waals surface area (Å²) in [7, 11) is 3.53. The minimum absolute atomic E-state index is 0.0283. The van der Waals surface area contributed by atoms with Crippen LogP contribution < -0.4 is 4.90 Å². The predicted molar refractivity (Wildman–Crippen MR) is 169 cm³/mol. The molecule has 0 bridgehead atoms. The molecule has 1 fully saturated rings. The first kappa shape index (κ1) is 28.2. The van der Waals surface area contributed by atoms with E-state index in [4.69, 9.17) is 9.72 Å². The summed E-state index contributed by atoms with van der Waals surface area (Å²) in [4.78, 5) is 35.7. The lowest BCUT2D eigenvalue weighted by molar-refractivity contribution is 0.0240.